The van der Waals surface area contributed by atoms with Gasteiger partial charge in [-0.1, -0.05) is 12.1 Å². The highest BCUT2D eigenvalue weighted by Crippen LogP contribution is 2.24. The Labute approximate surface area is 120 Å². The molecule has 1 aromatic heterocycles. The number of nitrogens with zero attached hydrogens (tertiary/aromatic N) is 2. The minimum Gasteiger partial charge on any atom is -0.508 e. The van der Waals surface area contributed by atoms with Crippen molar-refractivity contribution in [2.24, 2.45) is 0 Å². The van der Waals surface area contributed by atoms with Crippen LogP contribution in [0.5, 0.6) is 5.75 Å². The topological polar surface area (TPSA) is 83.3 Å². The Morgan fingerprint density at radius 1 is 1.05 bits per heavy atom. The molecule has 2 N–H and O–H groups in total. The van der Waals surface area contributed by atoms with Gasteiger partial charge in [0.2, 0.25) is 0 Å². The van der Waals surface area contributed by atoms with Gasteiger partial charge in [0.15, 0.2) is 5.82 Å². The summed E-state index contributed by atoms with van der Waals surface area (Å²) in [5, 5.41) is 19.2. The lowest BCUT2D eigenvalue weighted by molar-refractivity contribution is 0.0697. The number of carbonyl (C=O) groups is 1. The molecule has 0 saturated carbocycles. The van der Waals surface area contributed by atoms with Gasteiger partial charge in [-0.15, -0.1) is 0 Å². The summed E-state index contributed by atoms with van der Waals surface area (Å²) in [7, 11) is 0. The molecule has 1 heterocycles. The van der Waals surface area contributed by atoms with E-state index in [1.807, 2.05) is 6.92 Å². The number of carboxylic acid groups (broad SMARTS) is 1. The zero-order valence-electron chi connectivity index (χ0n) is 11.2. The lowest BCUT2D eigenvalue weighted by Gasteiger charge is -2.06. The van der Waals surface area contributed by atoms with E-state index < -0.39 is 5.97 Å². The summed E-state index contributed by atoms with van der Waals surface area (Å²) < 4.78 is 0. The zero-order valence-corrected chi connectivity index (χ0v) is 11.2. The number of hydrogen-bond acceptors (Lipinski definition) is 4. The Balaban J connectivity index is 2.12. The third-order valence-corrected chi connectivity index (χ3v) is 3.26. The number of aromatic hydroxyl groups is 1. The van der Waals surface area contributed by atoms with E-state index in [2.05, 4.69) is 9.97 Å². The first-order valence-electron chi connectivity index (χ1n) is 6.36. The van der Waals surface area contributed by atoms with E-state index in [1.165, 1.54) is 12.1 Å². The normalized spacial score (nSPS) is 10.7. The van der Waals surface area contributed by atoms with E-state index in [1.54, 1.807) is 30.3 Å². The Bertz CT molecular complexity index is 842. The van der Waals surface area contributed by atoms with Gasteiger partial charge in [0.25, 0.3) is 0 Å². The van der Waals surface area contributed by atoms with E-state index in [4.69, 9.17) is 5.11 Å². The molecule has 0 atom stereocenters. The van der Waals surface area contributed by atoms with Gasteiger partial charge in [0.1, 0.15) is 5.75 Å². The van der Waals surface area contributed by atoms with Gasteiger partial charge < -0.3 is 10.2 Å². The number of rotatable bonds is 2. The minimum atomic E-state index is -0.965. The summed E-state index contributed by atoms with van der Waals surface area (Å²) in [4.78, 5) is 19.7. The van der Waals surface area contributed by atoms with Gasteiger partial charge in [0.05, 0.1) is 11.1 Å². The minimum absolute atomic E-state index is 0.174. The first-order chi connectivity index (χ1) is 10.0. The molecule has 5 heteroatoms. The number of aromatic carboxylic acids is 1. The monoisotopic (exact) mass is 280 g/mol. The van der Waals surface area contributed by atoms with Crippen molar-refractivity contribution in [3.8, 4) is 17.1 Å². The Hall–Kier alpha value is -2.95. The van der Waals surface area contributed by atoms with Gasteiger partial charge in [-0.2, -0.15) is 0 Å². The molecule has 104 valence electrons. The molecule has 3 aromatic rings. The number of aryl methyl sites for hydroxylation is 1. The maximum atomic E-state index is 10.9. The van der Waals surface area contributed by atoms with Crippen molar-refractivity contribution in [1.29, 1.82) is 0 Å². The van der Waals surface area contributed by atoms with E-state index in [0.717, 1.165) is 22.2 Å². The fourth-order valence-corrected chi connectivity index (χ4v) is 2.16. The Morgan fingerprint density at radius 2 is 1.76 bits per heavy atom. The number of phenolic OH excluding ortho intramolecular Hbond substituents is 1. The third-order valence-electron chi connectivity index (χ3n) is 3.26. The highest BCUT2D eigenvalue weighted by atomic mass is 16.4. The van der Waals surface area contributed by atoms with Gasteiger partial charge in [-0.3, -0.25) is 0 Å². The summed E-state index contributed by atoms with van der Waals surface area (Å²) >= 11 is 0. The molecule has 0 radical (unpaired) electrons. The zero-order chi connectivity index (χ0) is 15.0. The average Bonchev–Trinajstić information content (AvgIpc) is 2.48. The molecule has 0 aliphatic heterocycles. The second-order valence-corrected chi connectivity index (χ2v) is 4.72. The van der Waals surface area contributed by atoms with Gasteiger partial charge in [-0.25, -0.2) is 14.8 Å². The highest BCUT2D eigenvalue weighted by Gasteiger charge is 2.09. The molecule has 0 spiro atoms. The molecular weight excluding hydrogens is 268 g/mol. The Morgan fingerprint density at radius 3 is 2.43 bits per heavy atom. The van der Waals surface area contributed by atoms with Crippen molar-refractivity contribution in [2.75, 3.05) is 0 Å². The quantitative estimate of drug-likeness (QED) is 0.754. The van der Waals surface area contributed by atoms with Crippen LogP contribution in [0.3, 0.4) is 0 Å². The number of phenols is 1. The highest BCUT2D eigenvalue weighted by molar-refractivity contribution is 5.88. The maximum Gasteiger partial charge on any atom is 0.335 e. The van der Waals surface area contributed by atoms with E-state index >= 15 is 0 Å². The van der Waals surface area contributed by atoms with Crippen LogP contribution >= 0.6 is 0 Å². The van der Waals surface area contributed by atoms with Crippen LogP contribution in [0.4, 0.5) is 0 Å². The molecule has 0 amide bonds. The molecule has 0 aliphatic carbocycles. The van der Waals surface area contributed by atoms with E-state index in [9.17, 15) is 9.90 Å². The maximum absolute atomic E-state index is 10.9. The van der Waals surface area contributed by atoms with Crippen molar-refractivity contribution >= 4 is 16.9 Å². The van der Waals surface area contributed by atoms with E-state index in [-0.39, 0.29) is 11.3 Å². The summed E-state index contributed by atoms with van der Waals surface area (Å²) in [6.07, 6.45) is 0. The number of carboxylic acids is 1. The fourth-order valence-electron chi connectivity index (χ4n) is 2.16. The predicted molar refractivity (Wildman–Crippen MR) is 78.3 cm³/mol. The molecule has 5 nitrogen and oxygen atoms in total. The van der Waals surface area contributed by atoms with Crippen LogP contribution in [0.25, 0.3) is 22.3 Å². The van der Waals surface area contributed by atoms with Crippen LogP contribution in [-0.4, -0.2) is 26.2 Å². The fraction of sp³-hybridized carbons (Fsp3) is 0.0625. The summed E-state index contributed by atoms with van der Waals surface area (Å²) in [5.74, 6) is -0.261. The predicted octanol–water partition coefficient (Wildman–Crippen LogP) is 3.01. The summed E-state index contributed by atoms with van der Waals surface area (Å²) in [5.41, 5.74) is 2.46. The van der Waals surface area contributed by atoms with Gasteiger partial charge >= 0.3 is 5.97 Å². The lowest BCUT2D eigenvalue weighted by Crippen LogP contribution is -1.97. The number of hydrogen-bond donors (Lipinski definition) is 2. The van der Waals surface area contributed by atoms with Crippen molar-refractivity contribution in [1.82, 2.24) is 9.97 Å². The molecule has 0 fully saturated rings. The average molecular weight is 280 g/mol. The van der Waals surface area contributed by atoms with Gasteiger partial charge in [-0.05, 0) is 37.3 Å². The second kappa shape index (κ2) is 4.86. The SMILES string of the molecule is Cc1nc(-c2ccc(C(=O)O)cc2)nc2ccc(O)cc12. The molecular formula is C16H12N2O3. The first-order valence-corrected chi connectivity index (χ1v) is 6.36. The van der Waals surface area contributed by atoms with Crippen molar-refractivity contribution in [2.45, 2.75) is 6.92 Å². The molecule has 0 saturated heterocycles. The lowest BCUT2D eigenvalue weighted by atomic mass is 10.1. The number of aromatic nitrogens is 2. The standard InChI is InChI=1S/C16H12N2O3/c1-9-13-8-12(19)6-7-14(13)18-15(17-9)10-2-4-11(5-3-10)16(20)21/h2-8,19H,1H3,(H,20,21). The van der Waals surface area contributed by atoms with Crippen molar-refractivity contribution in [3.63, 3.8) is 0 Å². The molecule has 0 bridgehead atoms. The largest absolute Gasteiger partial charge is 0.508 e. The third kappa shape index (κ3) is 2.41. The van der Waals surface area contributed by atoms with Crippen LogP contribution in [-0.2, 0) is 0 Å². The first kappa shape index (κ1) is 13.1. The van der Waals surface area contributed by atoms with Crippen LogP contribution in [0.1, 0.15) is 16.1 Å². The number of fused-ring (bicyclic) bond motifs is 1. The smallest absolute Gasteiger partial charge is 0.335 e. The van der Waals surface area contributed by atoms with Crippen LogP contribution in [0.15, 0.2) is 42.5 Å². The Kier molecular flexibility index (Phi) is 3.02. The molecule has 21 heavy (non-hydrogen) atoms. The van der Waals surface area contributed by atoms with Crippen molar-refractivity contribution in [3.05, 3.63) is 53.7 Å². The van der Waals surface area contributed by atoms with Crippen molar-refractivity contribution < 1.29 is 15.0 Å². The van der Waals surface area contributed by atoms with Crippen LogP contribution in [0, 0.1) is 6.92 Å². The summed E-state index contributed by atoms with van der Waals surface area (Å²) in [6, 6.07) is 11.4. The second-order valence-electron chi connectivity index (χ2n) is 4.72. The molecule has 0 aliphatic rings. The molecule has 3 rings (SSSR count). The van der Waals surface area contributed by atoms with Crippen LogP contribution < -0.4 is 0 Å². The van der Waals surface area contributed by atoms with Gasteiger partial charge in [0, 0.05) is 16.6 Å². The molecule has 0 unspecified atom stereocenters. The van der Waals surface area contributed by atoms with E-state index in [0.29, 0.717) is 5.82 Å². The number of benzene rings is 2. The summed E-state index contributed by atoms with van der Waals surface area (Å²) in [6.45, 7) is 1.85. The molecule has 2 aromatic carbocycles. The van der Waals surface area contributed by atoms with Crippen LogP contribution in [0.2, 0.25) is 0 Å².